The number of allylic oxidation sites excluding steroid dienone is 3. The molecule has 0 saturated carbocycles. The van der Waals surface area contributed by atoms with Crippen LogP contribution in [0.3, 0.4) is 0 Å². The largest absolute Gasteiger partial charge is 0.496 e. The number of hydrogen-bond donors (Lipinski definition) is 1. The van der Waals surface area contributed by atoms with Gasteiger partial charge in [-0.15, -0.1) is 0 Å². The van der Waals surface area contributed by atoms with Gasteiger partial charge in [0.2, 0.25) is 0 Å². The molecule has 0 aliphatic heterocycles. The second-order valence-corrected chi connectivity index (χ2v) is 9.23. The van der Waals surface area contributed by atoms with Crippen molar-refractivity contribution in [1.82, 2.24) is 4.98 Å². The predicted molar refractivity (Wildman–Crippen MR) is 145 cm³/mol. The van der Waals surface area contributed by atoms with E-state index in [2.05, 4.69) is 27.3 Å². The topological polar surface area (TPSA) is 75.0 Å². The number of hydrogen-bond acceptors (Lipinski definition) is 5. The van der Waals surface area contributed by atoms with Gasteiger partial charge >= 0.3 is 0 Å². The number of nitriles is 1. The van der Waals surface area contributed by atoms with Crippen LogP contribution in [0.4, 0.5) is 5.00 Å². The van der Waals surface area contributed by atoms with E-state index in [-0.39, 0.29) is 5.91 Å². The van der Waals surface area contributed by atoms with Crippen LogP contribution in [0.1, 0.15) is 20.9 Å². The third-order valence-electron chi connectivity index (χ3n) is 5.04. The van der Waals surface area contributed by atoms with E-state index in [1.54, 1.807) is 31.4 Å². The van der Waals surface area contributed by atoms with Gasteiger partial charge in [-0.1, -0.05) is 87.9 Å². The fourth-order valence-electron chi connectivity index (χ4n) is 3.30. The average molecular weight is 542 g/mol. The summed E-state index contributed by atoms with van der Waals surface area (Å²) in [6.45, 7) is 0. The highest BCUT2D eigenvalue weighted by Gasteiger charge is 2.18. The number of benzene rings is 3. The van der Waals surface area contributed by atoms with E-state index < -0.39 is 0 Å². The molecule has 1 N–H and O–H groups in total. The molecule has 3 aromatic carbocycles. The second-order valence-electron chi connectivity index (χ2n) is 7.32. The number of thiazole rings is 1. The van der Waals surface area contributed by atoms with Crippen molar-refractivity contribution in [2.24, 2.45) is 0 Å². The number of halogens is 1. The van der Waals surface area contributed by atoms with Crippen LogP contribution in [0.5, 0.6) is 5.75 Å². The van der Waals surface area contributed by atoms with Gasteiger partial charge in [0.1, 0.15) is 27.5 Å². The van der Waals surface area contributed by atoms with Crippen molar-refractivity contribution in [3.8, 4) is 23.1 Å². The fraction of sp³-hybridized carbons (Fsp3) is 0.0357. The first kappa shape index (κ1) is 24.1. The summed E-state index contributed by atoms with van der Waals surface area (Å²) in [6, 6.07) is 26.5. The van der Waals surface area contributed by atoms with Gasteiger partial charge in [0.25, 0.3) is 5.91 Å². The molecule has 172 valence electrons. The Bertz CT molecular complexity index is 1440. The molecule has 0 aliphatic carbocycles. The maximum absolute atomic E-state index is 12.9. The summed E-state index contributed by atoms with van der Waals surface area (Å²) in [5, 5.41) is 13.9. The molecule has 1 amide bonds. The SMILES string of the molecule is COc1ccccc1C=CC=C(C#N)c1nc(-c2ccccc2)c(NC(=O)c2ccc(Br)cc2)s1. The molecule has 0 unspecified atom stereocenters. The normalized spacial score (nSPS) is 11.3. The van der Waals surface area contributed by atoms with Gasteiger partial charge in [0.05, 0.1) is 12.7 Å². The summed E-state index contributed by atoms with van der Waals surface area (Å²) >= 11 is 4.65. The molecule has 0 radical (unpaired) electrons. The first-order valence-corrected chi connectivity index (χ1v) is 12.2. The lowest BCUT2D eigenvalue weighted by atomic mass is 10.1. The van der Waals surface area contributed by atoms with Gasteiger partial charge in [-0.05, 0) is 36.4 Å². The molecule has 35 heavy (non-hydrogen) atoms. The van der Waals surface area contributed by atoms with Gasteiger partial charge in [0.15, 0.2) is 0 Å². The number of rotatable bonds is 7. The van der Waals surface area contributed by atoms with E-state index >= 15 is 0 Å². The molecule has 0 fully saturated rings. The number of anilines is 1. The molecule has 0 saturated heterocycles. The third kappa shape index (κ3) is 5.93. The van der Waals surface area contributed by atoms with Gasteiger partial charge in [0, 0.05) is 21.2 Å². The summed E-state index contributed by atoms with van der Waals surface area (Å²) in [7, 11) is 1.62. The zero-order chi connectivity index (χ0) is 24.6. The number of carbonyl (C=O) groups is 1. The van der Waals surface area contributed by atoms with Crippen molar-refractivity contribution in [3.05, 3.63) is 112 Å². The van der Waals surface area contributed by atoms with Crippen LogP contribution in [0.15, 0.2) is 95.5 Å². The highest BCUT2D eigenvalue weighted by atomic mass is 79.9. The Morgan fingerprint density at radius 1 is 1.06 bits per heavy atom. The zero-order valence-electron chi connectivity index (χ0n) is 18.7. The van der Waals surface area contributed by atoms with E-state index in [1.807, 2.05) is 72.8 Å². The van der Waals surface area contributed by atoms with Crippen LogP contribution >= 0.6 is 27.3 Å². The zero-order valence-corrected chi connectivity index (χ0v) is 21.1. The van der Waals surface area contributed by atoms with E-state index in [0.717, 1.165) is 21.3 Å². The molecular weight excluding hydrogens is 522 g/mol. The lowest BCUT2D eigenvalue weighted by molar-refractivity contribution is 0.102. The van der Waals surface area contributed by atoms with E-state index in [9.17, 15) is 10.1 Å². The van der Waals surface area contributed by atoms with Gasteiger partial charge in [-0.3, -0.25) is 4.79 Å². The Kier molecular flexibility index (Phi) is 7.88. The Morgan fingerprint density at radius 3 is 2.49 bits per heavy atom. The van der Waals surface area contributed by atoms with Gasteiger partial charge in [-0.25, -0.2) is 4.98 Å². The Hall–Kier alpha value is -3.99. The number of amides is 1. The lowest BCUT2D eigenvalue weighted by Crippen LogP contribution is -2.11. The standard InChI is InChI=1S/C28H20BrN3O2S/c1-34-24-13-6-5-8-19(24)11-7-12-22(18-30)27-31-25(20-9-3-2-4-10-20)28(35-27)32-26(33)21-14-16-23(29)17-15-21/h2-17H,1H3,(H,32,33). The molecule has 0 aliphatic rings. The van der Waals surface area contributed by atoms with Crippen LogP contribution in [0.25, 0.3) is 22.9 Å². The molecule has 1 aromatic heterocycles. The molecule has 0 atom stereocenters. The molecule has 1 heterocycles. The maximum atomic E-state index is 12.9. The van der Waals surface area contributed by atoms with Crippen molar-refractivity contribution in [2.45, 2.75) is 0 Å². The minimum atomic E-state index is -0.247. The number of carbonyl (C=O) groups excluding carboxylic acids is 1. The number of ether oxygens (including phenoxy) is 1. The van der Waals surface area contributed by atoms with Gasteiger partial charge < -0.3 is 10.1 Å². The molecule has 5 nitrogen and oxygen atoms in total. The first-order chi connectivity index (χ1) is 17.1. The summed E-state index contributed by atoms with van der Waals surface area (Å²) in [5.74, 6) is 0.498. The van der Waals surface area contributed by atoms with Crippen LogP contribution < -0.4 is 10.1 Å². The van der Waals surface area contributed by atoms with Crippen LogP contribution in [-0.4, -0.2) is 18.0 Å². The van der Waals surface area contributed by atoms with Crippen molar-refractivity contribution in [3.63, 3.8) is 0 Å². The number of aromatic nitrogens is 1. The predicted octanol–water partition coefficient (Wildman–Crippen LogP) is 7.45. The molecule has 0 bridgehead atoms. The van der Waals surface area contributed by atoms with Crippen LogP contribution in [0, 0.1) is 11.3 Å². The van der Waals surface area contributed by atoms with Crippen molar-refractivity contribution >= 4 is 49.8 Å². The molecule has 4 aromatic rings. The Labute approximate surface area is 216 Å². The van der Waals surface area contributed by atoms with Crippen LogP contribution in [-0.2, 0) is 0 Å². The number of para-hydroxylation sites is 1. The summed E-state index contributed by atoms with van der Waals surface area (Å²) in [4.78, 5) is 17.6. The first-order valence-electron chi connectivity index (χ1n) is 10.6. The number of nitrogens with zero attached hydrogens (tertiary/aromatic N) is 2. The van der Waals surface area contributed by atoms with E-state index in [4.69, 9.17) is 9.72 Å². The lowest BCUT2D eigenvalue weighted by Gasteiger charge is -2.05. The smallest absolute Gasteiger partial charge is 0.256 e. The number of nitrogens with one attached hydrogen (secondary N) is 1. The van der Waals surface area contributed by atoms with Crippen LogP contribution in [0.2, 0.25) is 0 Å². The quantitative estimate of drug-likeness (QED) is 0.194. The maximum Gasteiger partial charge on any atom is 0.256 e. The third-order valence-corrected chi connectivity index (χ3v) is 6.57. The van der Waals surface area contributed by atoms with Crippen molar-refractivity contribution in [2.75, 3.05) is 12.4 Å². The summed E-state index contributed by atoms with van der Waals surface area (Å²) < 4.78 is 6.26. The van der Waals surface area contributed by atoms with Gasteiger partial charge in [-0.2, -0.15) is 5.26 Å². The minimum Gasteiger partial charge on any atom is -0.496 e. The summed E-state index contributed by atoms with van der Waals surface area (Å²) in [5.41, 5.74) is 3.28. The molecular formula is C28H20BrN3O2S. The Balaban J connectivity index is 1.68. The second kappa shape index (κ2) is 11.4. The highest BCUT2D eigenvalue weighted by Crippen LogP contribution is 2.36. The molecule has 4 rings (SSSR count). The summed E-state index contributed by atoms with van der Waals surface area (Å²) in [6.07, 6.45) is 5.37. The minimum absolute atomic E-state index is 0.247. The monoisotopic (exact) mass is 541 g/mol. The fourth-order valence-corrected chi connectivity index (χ4v) is 4.52. The average Bonchev–Trinajstić information content (AvgIpc) is 3.31. The van der Waals surface area contributed by atoms with E-state index in [0.29, 0.717) is 26.8 Å². The highest BCUT2D eigenvalue weighted by molar-refractivity contribution is 9.10. The van der Waals surface area contributed by atoms with Crippen molar-refractivity contribution < 1.29 is 9.53 Å². The Morgan fingerprint density at radius 2 is 1.77 bits per heavy atom. The number of methoxy groups -OCH3 is 1. The van der Waals surface area contributed by atoms with E-state index in [1.165, 1.54) is 11.3 Å². The van der Waals surface area contributed by atoms with Crippen molar-refractivity contribution in [1.29, 1.82) is 5.26 Å². The molecule has 7 heteroatoms. The molecule has 0 spiro atoms.